The number of hydrogen-bond donors (Lipinski definition) is 0. The first-order valence-electron chi connectivity index (χ1n) is 3.39. The Morgan fingerprint density at radius 1 is 1.56 bits per heavy atom. The van der Waals surface area contributed by atoms with Gasteiger partial charge in [0.25, 0.3) is 0 Å². The molecule has 0 atom stereocenters. The summed E-state index contributed by atoms with van der Waals surface area (Å²) in [6, 6.07) is 0.422. The van der Waals surface area contributed by atoms with Crippen molar-refractivity contribution in [1.82, 2.24) is 0 Å². The van der Waals surface area contributed by atoms with Crippen molar-refractivity contribution < 1.29 is 0 Å². The van der Waals surface area contributed by atoms with Gasteiger partial charge in [-0.05, 0) is 36.2 Å². The van der Waals surface area contributed by atoms with E-state index in [4.69, 9.17) is 0 Å². The van der Waals surface area contributed by atoms with Crippen LogP contribution in [-0.4, -0.2) is 10.7 Å². The molecule has 0 fully saturated rings. The molecule has 0 aromatic rings. The zero-order valence-corrected chi connectivity index (χ0v) is 7.90. The lowest BCUT2D eigenvalue weighted by molar-refractivity contribution is 0.830. The minimum Gasteiger partial charge on any atom is -0.280 e. The lowest BCUT2D eigenvalue weighted by atomic mass is 10.3. The molecule has 0 unspecified atom stereocenters. The van der Waals surface area contributed by atoms with Crippen LogP contribution >= 0.6 is 15.9 Å². The van der Waals surface area contributed by atoms with Crippen LogP contribution in [0.25, 0.3) is 0 Å². The molecule has 0 radical (unpaired) electrons. The van der Waals surface area contributed by atoms with Gasteiger partial charge in [-0.3, -0.25) is 4.99 Å². The molecule has 0 amide bonds. The van der Waals surface area contributed by atoms with Crippen LogP contribution in [0.4, 0.5) is 0 Å². The van der Waals surface area contributed by atoms with Crippen LogP contribution in [0.5, 0.6) is 0 Å². The highest BCUT2D eigenvalue weighted by atomic mass is 79.9. The first kappa shape index (κ1) is 9.15. The Bertz CT molecular complexity index is 97.1. The Morgan fingerprint density at radius 3 is 2.44 bits per heavy atom. The summed E-state index contributed by atoms with van der Waals surface area (Å²) in [5.74, 6) is 0. The molecule has 0 aliphatic heterocycles. The van der Waals surface area contributed by atoms with Gasteiger partial charge >= 0.3 is 0 Å². The molecule has 54 valence electrons. The Kier molecular flexibility index (Phi) is 5.06. The number of aliphatic imine (C=N–C) groups is 1. The maximum atomic E-state index is 4.30. The second-order valence-corrected chi connectivity index (χ2v) is 3.26. The molecule has 0 saturated carbocycles. The van der Waals surface area contributed by atoms with Gasteiger partial charge in [0.2, 0.25) is 0 Å². The molecule has 0 bridgehead atoms. The second-order valence-electron chi connectivity index (χ2n) is 2.35. The van der Waals surface area contributed by atoms with Gasteiger partial charge in [0, 0.05) is 6.04 Å². The Morgan fingerprint density at radius 2 is 2.11 bits per heavy atom. The average Bonchev–Trinajstić information content (AvgIpc) is 1.63. The van der Waals surface area contributed by atoms with Crippen molar-refractivity contribution >= 4 is 20.6 Å². The third-order valence-corrected chi connectivity index (χ3v) is 1.46. The third-order valence-electron chi connectivity index (χ3n) is 0.855. The van der Waals surface area contributed by atoms with E-state index in [-0.39, 0.29) is 0 Å². The average molecular weight is 192 g/mol. The lowest BCUT2D eigenvalue weighted by Gasteiger charge is -1.97. The van der Waals surface area contributed by atoms with E-state index in [0.29, 0.717) is 6.04 Å². The smallest absolute Gasteiger partial charge is 0.0777 e. The zero-order valence-electron chi connectivity index (χ0n) is 6.32. The van der Waals surface area contributed by atoms with E-state index < -0.39 is 0 Å². The van der Waals surface area contributed by atoms with Gasteiger partial charge < -0.3 is 0 Å². The summed E-state index contributed by atoms with van der Waals surface area (Å²) < 4.78 is 1.10. The summed E-state index contributed by atoms with van der Waals surface area (Å²) in [4.78, 5) is 4.30. The van der Waals surface area contributed by atoms with Crippen molar-refractivity contribution in [3.05, 3.63) is 0 Å². The van der Waals surface area contributed by atoms with Gasteiger partial charge in [0.15, 0.2) is 0 Å². The molecule has 0 heterocycles. The normalized spacial score (nSPS) is 12.8. The number of halogens is 1. The van der Waals surface area contributed by atoms with Crippen molar-refractivity contribution in [1.29, 1.82) is 0 Å². The topological polar surface area (TPSA) is 12.4 Å². The van der Waals surface area contributed by atoms with Crippen LogP contribution in [0.2, 0.25) is 0 Å². The van der Waals surface area contributed by atoms with Crippen molar-refractivity contribution in [3.8, 4) is 0 Å². The highest BCUT2D eigenvalue weighted by Crippen LogP contribution is 2.01. The van der Waals surface area contributed by atoms with E-state index in [2.05, 4.69) is 41.7 Å². The molecule has 0 aliphatic carbocycles. The Hall–Kier alpha value is 0.150. The standard InChI is InChI=1S/C7H14BrN/c1-4-5-7(8)9-6(2)3/h6H,4-5H2,1-3H3. The van der Waals surface area contributed by atoms with E-state index >= 15 is 0 Å². The highest BCUT2D eigenvalue weighted by molar-refractivity contribution is 9.18. The van der Waals surface area contributed by atoms with Crippen molar-refractivity contribution in [2.45, 2.75) is 39.7 Å². The Labute approximate surface area is 65.7 Å². The molecule has 0 spiro atoms. The van der Waals surface area contributed by atoms with E-state index in [1.54, 1.807) is 0 Å². The van der Waals surface area contributed by atoms with Crippen LogP contribution in [0, 0.1) is 0 Å². The fourth-order valence-corrected chi connectivity index (χ4v) is 1.36. The quantitative estimate of drug-likeness (QED) is 0.609. The minimum absolute atomic E-state index is 0.422. The van der Waals surface area contributed by atoms with Crippen LogP contribution in [0.3, 0.4) is 0 Å². The highest BCUT2D eigenvalue weighted by Gasteiger charge is 1.91. The summed E-state index contributed by atoms with van der Waals surface area (Å²) in [6.45, 7) is 6.31. The van der Waals surface area contributed by atoms with E-state index in [9.17, 15) is 0 Å². The summed E-state index contributed by atoms with van der Waals surface area (Å²) in [5, 5.41) is 0. The van der Waals surface area contributed by atoms with E-state index in [1.807, 2.05) is 0 Å². The SMILES string of the molecule is CCCC(Br)=NC(C)C. The van der Waals surface area contributed by atoms with Crippen molar-refractivity contribution in [2.75, 3.05) is 0 Å². The monoisotopic (exact) mass is 191 g/mol. The fourth-order valence-electron chi connectivity index (χ4n) is 0.551. The predicted molar refractivity (Wildman–Crippen MR) is 46.4 cm³/mol. The number of rotatable bonds is 3. The maximum absolute atomic E-state index is 4.30. The predicted octanol–water partition coefficient (Wildman–Crippen LogP) is 2.99. The van der Waals surface area contributed by atoms with Gasteiger partial charge in [-0.1, -0.05) is 13.3 Å². The lowest BCUT2D eigenvalue weighted by Crippen LogP contribution is -1.93. The van der Waals surface area contributed by atoms with E-state index in [0.717, 1.165) is 17.5 Å². The molecule has 9 heavy (non-hydrogen) atoms. The maximum Gasteiger partial charge on any atom is 0.0777 e. The van der Waals surface area contributed by atoms with Gasteiger partial charge in [0.05, 0.1) is 4.62 Å². The van der Waals surface area contributed by atoms with Crippen molar-refractivity contribution in [3.63, 3.8) is 0 Å². The molecular weight excluding hydrogens is 178 g/mol. The van der Waals surface area contributed by atoms with Crippen molar-refractivity contribution in [2.24, 2.45) is 4.99 Å². The summed E-state index contributed by atoms with van der Waals surface area (Å²) in [7, 11) is 0. The largest absolute Gasteiger partial charge is 0.280 e. The number of hydrogen-bond acceptors (Lipinski definition) is 1. The van der Waals surface area contributed by atoms with Gasteiger partial charge in [-0.25, -0.2) is 0 Å². The van der Waals surface area contributed by atoms with Crippen LogP contribution in [0.15, 0.2) is 4.99 Å². The first-order valence-corrected chi connectivity index (χ1v) is 4.18. The van der Waals surface area contributed by atoms with Gasteiger partial charge in [-0.15, -0.1) is 0 Å². The Balaban J connectivity index is 3.55. The zero-order chi connectivity index (χ0) is 7.28. The van der Waals surface area contributed by atoms with Crippen LogP contribution in [0.1, 0.15) is 33.6 Å². The molecule has 0 aliphatic rings. The van der Waals surface area contributed by atoms with Gasteiger partial charge in [0.1, 0.15) is 0 Å². The molecule has 0 saturated heterocycles. The first-order chi connectivity index (χ1) is 4.16. The molecular formula is C7H14BrN. The molecule has 0 N–H and O–H groups in total. The van der Waals surface area contributed by atoms with Gasteiger partial charge in [-0.2, -0.15) is 0 Å². The van der Waals surface area contributed by atoms with E-state index in [1.165, 1.54) is 0 Å². The summed E-state index contributed by atoms with van der Waals surface area (Å²) >= 11 is 3.39. The molecule has 0 aromatic heterocycles. The second kappa shape index (κ2) is 4.98. The minimum atomic E-state index is 0.422. The fraction of sp³-hybridized carbons (Fsp3) is 0.857. The number of nitrogens with zero attached hydrogens (tertiary/aromatic N) is 1. The van der Waals surface area contributed by atoms with Crippen LogP contribution < -0.4 is 0 Å². The molecule has 0 aromatic carbocycles. The molecule has 1 nitrogen and oxygen atoms in total. The molecule has 0 rings (SSSR count). The molecule has 2 heteroatoms. The van der Waals surface area contributed by atoms with Crippen LogP contribution in [-0.2, 0) is 0 Å². The summed E-state index contributed by atoms with van der Waals surface area (Å²) in [6.07, 6.45) is 2.23. The summed E-state index contributed by atoms with van der Waals surface area (Å²) in [5.41, 5.74) is 0. The third kappa shape index (κ3) is 6.03.